The van der Waals surface area contributed by atoms with Crippen LogP contribution < -0.4 is 24.4 Å². The SMILES string of the molecule is CCOC(=O)C1=C(c2ccccc2)N=c2s/c(=C\c3cc(Cl)c(OC)c(OC)c3)c(=O)n2C1c1ccc(SC)cc1. The maximum Gasteiger partial charge on any atom is 0.338 e. The summed E-state index contributed by atoms with van der Waals surface area (Å²) < 4.78 is 18.3. The zero-order chi connectivity index (χ0) is 29.1. The van der Waals surface area contributed by atoms with Gasteiger partial charge in [0.2, 0.25) is 0 Å². The predicted octanol–water partition coefficient (Wildman–Crippen LogP) is 5.33. The number of methoxy groups -OCH3 is 2. The van der Waals surface area contributed by atoms with E-state index in [0.29, 0.717) is 42.7 Å². The summed E-state index contributed by atoms with van der Waals surface area (Å²) in [7, 11) is 3.04. The zero-order valence-corrected chi connectivity index (χ0v) is 25.2. The lowest BCUT2D eigenvalue weighted by Crippen LogP contribution is -2.40. The number of ether oxygens (including phenoxy) is 3. The van der Waals surface area contributed by atoms with Gasteiger partial charge in [-0.3, -0.25) is 9.36 Å². The minimum Gasteiger partial charge on any atom is -0.493 e. The summed E-state index contributed by atoms with van der Waals surface area (Å²) in [5.41, 5.74) is 2.69. The third-order valence-electron chi connectivity index (χ3n) is 6.56. The summed E-state index contributed by atoms with van der Waals surface area (Å²) >= 11 is 9.29. The first kappa shape index (κ1) is 28.7. The highest BCUT2D eigenvalue weighted by Crippen LogP contribution is 2.37. The monoisotopic (exact) mass is 606 g/mol. The molecular weight excluding hydrogens is 580 g/mol. The van der Waals surface area contributed by atoms with Crippen LogP contribution in [0, 0.1) is 0 Å². The molecule has 1 aliphatic rings. The molecule has 2 heterocycles. The number of hydrogen-bond acceptors (Lipinski definition) is 8. The first-order chi connectivity index (χ1) is 19.9. The average molecular weight is 607 g/mol. The Balaban J connectivity index is 1.80. The Labute approximate surface area is 250 Å². The number of hydrogen-bond donors (Lipinski definition) is 0. The van der Waals surface area contributed by atoms with Crippen LogP contribution in [0.5, 0.6) is 11.5 Å². The Morgan fingerprint density at radius 2 is 1.83 bits per heavy atom. The molecule has 1 aliphatic heterocycles. The molecule has 0 N–H and O–H groups in total. The summed E-state index contributed by atoms with van der Waals surface area (Å²) in [6.45, 7) is 1.94. The molecule has 1 atom stereocenters. The third-order valence-corrected chi connectivity index (χ3v) is 8.57. The topological polar surface area (TPSA) is 79.1 Å². The van der Waals surface area contributed by atoms with E-state index in [1.165, 1.54) is 25.6 Å². The van der Waals surface area contributed by atoms with Gasteiger partial charge in [-0.25, -0.2) is 9.79 Å². The zero-order valence-electron chi connectivity index (χ0n) is 22.8. The molecule has 4 aromatic rings. The Morgan fingerprint density at radius 3 is 2.46 bits per heavy atom. The number of benzene rings is 3. The second kappa shape index (κ2) is 12.4. The van der Waals surface area contributed by atoms with Crippen molar-refractivity contribution in [3.8, 4) is 11.5 Å². The number of carbonyl (C=O) groups is 1. The Hall–Kier alpha value is -3.79. The molecule has 0 saturated carbocycles. The van der Waals surface area contributed by atoms with Crippen molar-refractivity contribution in [1.82, 2.24) is 4.57 Å². The lowest BCUT2D eigenvalue weighted by molar-refractivity contribution is -0.138. The highest BCUT2D eigenvalue weighted by atomic mass is 35.5. The van der Waals surface area contributed by atoms with E-state index in [9.17, 15) is 9.59 Å². The number of carbonyl (C=O) groups excluding carboxylic acids is 1. The molecular formula is C31H27ClN2O5S2. The fourth-order valence-electron chi connectivity index (χ4n) is 4.71. The molecule has 7 nitrogen and oxygen atoms in total. The van der Waals surface area contributed by atoms with Crippen molar-refractivity contribution in [2.45, 2.75) is 17.9 Å². The van der Waals surface area contributed by atoms with Crippen LogP contribution in [-0.4, -0.2) is 37.6 Å². The summed E-state index contributed by atoms with van der Waals surface area (Å²) in [6, 6.07) is 20.0. The third kappa shape index (κ3) is 5.57. The van der Waals surface area contributed by atoms with Crippen molar-refractivity contribution < 1.29 is 19.0 Å². The number of aromatic nitrogens is 1. The maximum absolute atomic E-state index is 14.1. The number of fused-ring (bicyclic) bond motifs is 1. The first-order valence-corrected chi connectivity index (χ1v) is 15.2. The number of rotatable bonds is 8. The van der Waals surface area contributed by atoms with Crippen LogP contribution in [0.3, 0.4) is 0 Å². The van der Waals surface area contributed by atoms with E-state index in [1.54, 1.807) is 41.5 Å². The van der Waals surface area contributed by atoms with Crippen LogP contribution >= 0.6 is 34.7 Å². The van der Waals surface area contributed by atoms with E-state index < -0.39 is 12.0 Å². The van der Waals surface area contributed by atoms with Crippen LogP contribution in [0.1, 0.15) is 29.7 Å². The van der Waals surface area contributed by atoms with Gasteiger partial charge >= 0.3 is 5.97 Å². The molecule has 3 aromatic carbocycles. The van der Waals surface area contributed by atoms with Crippen molar-refractivity contribution in [3.05, 3.63) is 114 Å². The molecule has 210 valence electrons. The summed E-state index contributed by atoms with van der Waals surface area (Å²) in [5.74, 6) is 0.338. The average Bonchev–Trinajstić information content (AvgIpc) is 3.30. The van der Waals surface area contributed by atoms with Gasteiger partial charge in [0.25, 0.3) is 5.56 Å². The fraction of sp³-hybridized carbons (Fsp3) is 0.194. The quantitative estimate of drug-likeness (QED) is 0.199. The summed E-state index contributed by atoms with van der Waals surface area (Å²) in [6.07, 6.45) is 3.73. The molecule has 1 aromatic heterocycles. The normalized spacial score (nSPS) is 14.9. The van der Waals surface area contributed by atoms with Crippen molar-refractivity contribution in [1.29, 1.82) is 0 Å². The van der Waals surface area contributed by atoms with Gasteiger partial charge in [0.05, 0.1) is 47.7 Å². The molecule has 10 heteroatoms. The number of nitrogens with zero attached hydrogens (tertiary/aromatic N) is 2. The van der Waals surface area contributed by atoms with Gasteiger partial charge in [-0.2, -0.15) is 0 Å². The number of thiazole rings is 1. The molecule has 0 amide bonds. The van der Waals surface area contributed by atoms with E-state index >= 15 is 0 Å². The maximum atomic E-state index is 14.1. The standard InChI is InChI=1S/C31H27ClN2O5S2/c1-5-39-30(36)25-26(19-9-7-6-8-10-19)33-31-34(27(25)20-11-13-21(40-4)14-12-20)29(35)24(41-31)17-18-15-22(32)28(38-3)23(16-18)37-2/h6-17,27H,5H2,1-4H3/b24-17-. The molecule has 0 fully saturated rings. The molecule has 0 aliphatic carbocycles. The molecule has 0 bridgehead atoms. The van der Waals surface area contributed by atoms with Gasteiger partial charge < -0.3 is 14.2 Å². The van der Waals surface area contributed by atoms with E-state index in [0.717, 1.165) is 16.0 Å². The number of halogens is 1. The van der Waals surface area contributed by atoms with Gasteiger partial charge in [0, 0.05) is 10.5 Å². The molecule has 0 radical (unpaired) electrons. The lowest BCUT2D eigenvalue weighted by atomic mass is 9.93. The van der Waals surface area contributed by atoms with Crippen LogP contribution in [-0.2, 0) is 9.53 Å². The Kier molecular flexibility index (Phi) is 8.68. The number of esters is 1. The van der Waals surface area contributed by atoms with Gasteiger partial charge in [0.1, 0.15) is 0 Å². The molecule has 1 unspecified atom stereocenters. The van der Waals surface area contributed by atoms with Gasteiger partial charge in [-0.15, -0.1) is 11.8 Å². The predicted molar refractivity (Wildman–Crippen MR) is 164 cm³/mol. The van der Waals surface area contributed by atoms with Crippen molar-refractivity contribution >= 4 is 52.4 Å². The smallest absolute Gasteiger partial charge is 0.338 e. The molecule has 41 heavy (non-hydrogen) atoms. The van der Waals surface area contributed by atoms with Gasteiger partial charge in [-0.1, -0.05) is 65.4 Å². The largest absolute Gasteiger partial charge is 0.493 e. The Bertz CT molecular complexity index is 1810. The van der Waals surface area contributed by atoms with E-state index in [1.807, 2.05) is 60.9 Å². The fourth-order valence-corrected chi connectivity index (χ4v) is 6.42. The van der Waals surface area contributed by atoms with E-state index in [-0.39, 0.29) is 12.2 Å². The van der Waals surface area contributed by atoms with Crippen molar-refractivity contribution in [2.75, 3.05) is 27.1 Å². The van der Waals surface area contributed by atoms with Crippen LogP contribution in [0.2, 0.25) is 5.02 Å². The highest BCUT2D eigenvalue weighted by molar-refractivity contribution is 7.98. The van der Waals surface area contributed by atoms with E-state index in [2.05, 4.69) is 0 Å². The second-order valence-electron chi connectivity index (χ2n) is 8.94. The minimum atomic E-state index is -0.743. The van der Waals surface area contributed by atoms with Crippen LogP contribution in [0.25, 0.3) is 11.8 Å². The minimum absolute atomic E-state index is 0.188. The molecule has 0 spiro atoms. The summed E-state index contributed by atoms with van der Waals surface area (Å²) in [5, 5.41) is 0.355. The first-order valence-electron chi connectivity index (χ1n) is 12.7. The summed E-state index contributed by atoms with van der Waals surface area (Å²) in [4.78, 5) is 34.1. The Morgan fingerprint density at radius 1 is 1.10 bits per heavy atom. The highest BCUT2D eigenvalue weighted by Gasteiger charge is 2.35. The van der Waals surface area contributed by atoms with Gasteiger partial charge in [-0.05, 0) is 54.6 Å². The van der Waals surface area contributed by atoms with Crippen LogP contribution in [0.15, 0.2) is 87.0 Å². The van der Waals surface area contributed by atoms with Crippen molar-refractivity contribution in [3.63, 3.8) is 0 Å². The molecule has 0 saturated heterocycles. The number of thioether (sulfide) groups is 1. The van der Waals surface area contributed by atoms with Crippen LogP contribution in [0.4, 0.5) is 0 Å². The lowest BCUT2D eigenvalue weighted by Gasteiger charge is -2.26. The molecule has 5 rings (SSSR count). The second-order valence-corrected chi connectivity index (χ2v) is 11.2. The van der Waals surface area contributed by atoms with Gasteiger partial charge in [0.15, 0.2) is 16.3 Å². The van der Waals surface area contributed by atoms with Crippen molar-refractivity contribution in [2.24, 2.45) is 4.99 Å². The van der Waals surface area contributed by atoms with E-state index in [4.69, 9.17) is 30.8 Å².